The number of rotatable bonds is 5. The fourth-order valence-electron chi connectivity index (χ4n) is 3.41. The van der Waals surface area contributed by atoms with Gasteiger partial charge in [-0.3, -0.25) is 4.79 Å². The molecule has 2 amide bonds. The Kier molecular flexibility index (Phi) is 5.25. The predicted octanol–water partition coefficient (Wildman–Crippen LogP) is 3.67. The smallest absolute Gasteiger partial charge is 0.404 e. The number of amides is 2. The molecular weight excluding hydrogens is 373 g/mol. The molecule has 0 saturated heterocycles. The molecule has 0 bridgehead atoms. The number of carbonyl (C=O) groups is 2. The normalized spacial score (nSPS) is 18.3. The third kappa shape index (κ3) is 4.13. The number of hydrogen-bond donors (Lipinski definition) is 1. The number of hydrogen-bond acceptors (Lipinski definition) is 3. The molecule has 148 valence electrons. The van der Waals surface area contributed by atoms with Crippen LogP contribution in [-0.4, -0.2) is 40.7 Å². The van der Waals surface area contributed by atoms with Gasteiger partial charge in [0, 0.05) is 35.3 Å². The lowest BCUT2D eigenvalue weighted by atomic mass is 9.91. The average Bonchev–Trinajstić information content (AvgIpc) is 3.36. The molecule has 2 heterocycles. The molecule has 0 unspecified atom stereocenters. The zero-order valence-electron chi connectivity index (χ0n) is 15.8. The van der Waals surface area contributed by atoms with Crippen molar-refractivity contribution < 1.29 is 18.7 Å². The maximum absolute atomic E-state index is 14.9. The molecule has 2 N–H and O–H groups in total. The third-order valence-electron chi connectivity index (χ3n) is 4.91. The van der Waals surface area contributed by atoms with Gasteiger partial charge in [0.1, 0.15) is 17.6 Å². The van der Waals surface area contributed by atoms with Crippen molar-refractivity contribution in [2.24, 2.45) is 11.1 Å². The van der Waals surface area contributed by atoms with Crippen molar-refractivity contribution in [3.8, 4) is 0 Å². The first-order valence-electron chi connectivity index (χ1n) is 9.08. The van der Waals surface area contributed by atoms with Crippen molar-refractivity contribution in [3.05, 3.63) is 33.9 Å². The molecule has 0 spiro atoms. The molecule has 3 rings (SSSR count). The van der Waals surface area contributed by atoms with E-state index in [4.69, 9.17) is 22.1 Å². The lowest BCUT2D eigenvalue weighted by molar-refractivity contribution is 0.0727. The van der Waals surface area contributed by atoms with Gasteiger partial charge in [-0.05, 0) is 19.3 Å². The third-order valence-corrected chi connectivity index (χ3v) is 5.36. The van der Waals surface area contributed by atoms with Crippen molar-refractivity contribution in [1.82, 2.24) is 9.47 Å². The quantitative estimate of drug-likeness (QED) is 0.823. The average molecular weight is 398 g/mol. The van der Waals surface area contributed by atoms with E-state index in [9.17, 15) is 14.0 Å². The molecule has 1 aliphatic carbocycles. The summed E-state index contributed by atoms with van der Waals surface area (Å²) in [4.78, 5) is 25.6. The monoisotopic (exact) mass is 397 g/mol. The van der Waals surface area contributed by atoms with Crippen molar-refractivity contribution in [2.75, 3.05) is 13.2 Å². The summed E-state index contributed by atoms with van der Waals surface area (Å²) in [6, 6.07) is 0.338. The molecule has 2 aliphatic rings. The van der Waals surface area contributed by atoms with Gasteiger partial charge < -0.3 is 19.9 Å². The summed E-state index contributed by atoms with van der Waals surface area (Å²) in [7, 11) is 0. The van der Waals surface area contributed by atoms with Crippen LogP contribution in [0.5, 0.6) is 0 Å². The van der Waals surface area contributed by atoms with E-state index < -0.39 is 17.3 Å². The lowest BCUT2D eigenvalue weighted by Gasteiger charge is -2.26. The first-order chi connectivity index (χ1) is 12.6. The van der Waals surface area contributed by atoms with Crippen LogP contribution in [0.3, 0.4) is 0 Å². The van der Waals surface area contributed by atoms with E-state index >= 15 is 0 Å². The van der Waals surface area contributed by atoms with Crippen LogP contribution in [0, 0.1) is 5.41 Å². The van der Waals surface area contributed by atoms with Crippen LogP contribution in [0.25, 0.3) is 0 Å². The molecule has 1 aliphatic heterocycles. The molecule has 1 saturated carbocycles. The van der Waals surface area contributed by atoms with Crippen LogP contribution in [0.2, 0.25) is 5.15 Å². The molecule has 1 aromatic heterocycles. The largest absolute Gasteiger partial charge is 0.445 e. The molecule has 8 heteroatoms. The summed E-state index contributed by atoms with van der Waals surface area (Å²) in [5, 5.41) is 0.423. The van der Waals surface area contributed by atoms with Crippen LogP contribution in [-0.2, 0) is 17.7 Å². The zero-order valence-corrected chi connectivity index (χ0v) is 16.6. The standard InChI is InChI=1S/C19H25ClFN3O3/c1-19(2,3)15(21)11(10-27-18(22)26)8-23-9-14-13(16(23)20)6-7-24(17(14)25)12-4-5-12/h9,12H,4-8,10H2,1-3H3,(H2,22,26). The van der Waals surface area contributed by atoms with Gasteiger partial charge in [-0.2, -0.15) is 0 Å². The van der Waals surface area contributed by atoms with Crippen molar-refractivity contribution in [2.45, 2.75) is 52.6 Å². The summed E-state index contributed by atoms with van der Waals surface area (Å²) in [5.41, 5.74) is 5.91. The highest BCUT2D eigenvalue weighted by atomic mass is 35.5. The van der Waals surface area contributed by atoms with Gasteiger partial charge in [-0.25, -0.2) is 9.18 Å². The Morgan fingerprint density at radius 1 is 1.41 bits per heavy atom. The molecule has 27 heavy (non-hydrogen) atoms. The van der Waals surface area contributed by atoms with Crippen LogP contribution in [0.4, 0.5) is 9.18 Å². The van der Waals surface area contributed by atoms with Gasteiger partial charge in [0.2, 0.25) is 0 Å². The van der Waals surface area contributed by atoms with Crippen molar-refractivity contribution in [3.63, 3.8) is 0 Å². The molecular formula is C19H25ClFN3O3. The number of nitrogens with two attached hydrogens (primary N) is 1. The second-order valence-electron chi connectivity index (χ2n) is 8.20. The van der Waals surface area contributed by atoms with Gasteiger partial charge in [0.25, 0.3) is 5.91 Å². The zero-order chi connectivity index (χ0) is 19.9. The fraction of sp³-hybridized carbons (Fsp3) is 0.579. The van der Waals surface area contributed by atoms with Crippen molar-refractivity contribution >= 4 is 23.6 Å². The van der Waals surface area contributed by atoms with Gasteiger partial charge in [0.05, 0.1) is 12.1 Å². The highest BCUT2D eigenvalue weighted by Gasteiger charge is 2.38. The number of primary amides is 1. The summed E-state index contributed by atoms with van der Waals surface area (Å²) in [6.07, 6.45) is 3.48. The van der Waals surface area contributed by atoms with Gasteiger partial charge >= 0.3 is 6.09 Å². The minimum Gasteiger partial charge on any atom is -0.445 e. The van der Waals surface area contributed by atoms with Crippen LogP contribution < -0.4 is 5.73 Å². The van der Waals surface area contributed by atoms with E-state index in [1.54, 1.807) is 31.5 Å². The maximum atomic E-state index is 14.9. The van der Waals surface area contributed by atoms with E-state index in [0.717, 1.165) is 18.4 Å². The molecule has 0 aromatic carbocycles. The summed E-state index contributed by atoms with van der Waals surface area (Å²) < 4.78 is 21.4. The van der Waals surface area contributed by atoms with Crippen LogP contribution in [0.15, 0.2) is 17.6 Å². The van der Waals surface area contributed by atoms with E-state index in [2.05, 4.69) is 0 Å². The maximum Gasteiger partial charge on any atom is 0.404 e. The lowest BCUT2D eigenvalue weighted by Crippen LogP contribution is -2.38. The summed E-state index contributed by atoms with van der Waals surface area (Å²) >= 11 is 6.49. The van der Waals surface area contributed by atoms with Crippen LogP contribution in [0.1, 0.15) is 49.5 Å². The predicted molar refractivity (Wildman–Crippen MR) is 100 cm³/mol. The van der Waals surface area contributed by atoms with E-state index in [0.29, 0.717) is 29.7 Å². The van der Waals surface area contributed by atoms with E-state index in [-0.39, 0.29) is 24.6 Å². The number of fused-ring (bicyclic) bond motifs is 1. The number of carbonyl (C=O) groups excluding carboxylic acids is 2. The number of nitrogens with zero attached hydrogens (tertiary/aromatic N) is 2. The van der Waals surface area contributed by atoms with Crippen LogP contribution >= 0.6 is 11.6 Å². The fourth-order valence-corrected chi connectivity index (χ4v) is 3.71. The van der Waals surface area contributed by atoms with E-state index in [1.165, 1.54) is 0 Å². The Morgan fingerprint density at radius 3 is 2.63 bits per heavy atom. The highest BCUT2D eigenvalue weighted by molar-refractivity contribution is 6.31. The molecule has 1 fully saturated rings. The highest BCUT2D eigenvalue weighted by Crippen LogP contribution is 2.36. The number of ether oxygens (including phenoxy) is 1. The molecule has 6 nitrogen and oxygen atoms in total. The molecule has 1 aromatic rings. The first-order valence-corrected chi connectivity index (χ1v) is 9.46. The number of aromatic nitrogens is 1. The number of halogens is 2. The Bertz CT molecular complexity index is 806. The second kappa shape index (κ2) is 7.19. The van der Waals surface area contributed by atoms with Gasteiger partial charge in [0.15, 0.2) is 0 Å². The Balaban J connectivity index is 1.90. The van der Waals surface area contributed by atoms with Gasteiger partial charge in [-0.15, -0.1) is 0 Å². The summed E-state index contributed by atoms with van der Waals surface area (Å²) in [6.45, 7) is 5.66. The Morgan fingerprint density at radius 2 is 2.07 bits per heavy atom. The minimum absolute atomic E-state index is 0.0189. The summed E-state index contributed by atoms with van der Waals surface area (Å²) in [5.74, 6) is -0.410. The first kappa shape index (κ1) is 19.7. The molecule has 0 radical (unpaired) electrons. The Hall–Kier alpha value is -2.02. The minimum atomic E-state index is -0.970. The molecule has 0 atom stereocenters. The Labute approximate surface area is 163 Å². The SMILES string of the molecule is CC(C)(C)C(F)=C(COC(N)=O)Cn1cc2c(c1Cl)CCN(C1CC1)C2=O. The number of allylic oxidation sites excluding steroid dienone is 1. The van der Waals surface area contributed by atoms with E-state index in [1.807, 2.05) is 4.90 Å². The second-order valence-corrected chi connectivity index (χ2v) is 8.55. The van der Waals surface area contributed by atoms with Gasteiger partial charge in [-0.1, -0.05) is 32.4 Å². The topological polar surface area (TPSA) is 77.6 Å². The van der Waals surface area contributed by atoms with Crippen molar-refractivity contribution in [1.29, 1.82) is 0 Å².